The Morgan fingerprint density at radius 2 is 1.55 bits per heavy atom. The number of rotatable bonds is 10. The van der Waals surface area contributed by atoms with Gasteiger partial charge in [-0.05, 0) is 41.7 Å². The molecule has 1 aliphatic rings. The first-order chi connectivity index (χ1) is 16.3. The molecule has 0 amide bonds. The third-order valence-corrected chi connectivity index (χ3v) is 6.79. The highest BCUT2D eigenvalue weighted by Crippen LogP contribution is 2.40. The Morgan fingerprint density at radius 1 is 0.879 bits per heavy atom. The zero-order valence-electron chi connectivity index (χ0n) is 18.4. The van der Waals surface area contributed by atoms with Crippen LogP contribution in [0.15, 0.2) is 90.1 Å². The Hall–Kier alpha value is -3.09. The average Bonchev–Trinajstić information content (AvgIpc) is 3.64. The van der Waals surface area contributed by atoms with Crippen molar-refractivity contribution in [3.05, 3.63) is 96.3 Å². The topological polar surface area (TPSA) is 60.2 Å². The highest BCUT2D eigenvalue weighted by molar-refractivity contribution is 7.99. The Bertz CT molecular complexity index is 1160. The number of benzene rings is 3. The second-order valence-electron chi connectivity index (χ2n) is 8.35. The van der Waals surface area contributed by atoms with Crippen LogP contribution in [-0.4, -0.2) is 38.3 Å². The lowest BCUT2D eigenvalue weighted by Crippen LogP contribution is -2.20. The maximum atomic E-state index is 10.5. The molecular formula is C27H27N3O2S. The van der Waals surface area contributed by atoms with Crippen molar-refractivity contribution < 1.29 is 9.84 Å². The van der Waals surface area contributed by atoms with Crippen LogP contribution in [0.4, 0.5) is 0 Å². The van der Waals surface area contributed by atoms with Gasteiger partial charge in [-0.3, -0.25) is 0 Å². The predicted octanol–water partition coefficient (Wildman–Crippen LogP) is 5.40. The van der Waals surface area contributed by atoms with Gasteiger partial charge in [0.2, 0.25) is 0 Å². The van der Waals surface area contributed by atoms with E-state index in [1.54, 1.807) is 0 Å². The van der Waals surface area contributed by atoms with Gasteiger partial charge < -0.3 is 14.4 Å². The number of hydrogen-bond acceptors (Lipinski definition) is 5. The Labute approximate surface area is 198 Å². The molecule has 0 aliphatic heterocycles. The van der Waals surface area contributed by atoms with E-state index in [1.165, 1.54) is 35.7 Å². The van der Waals surface area contributed by atoms with Crippen LogP contribution < -0.4 is 4.74 Å². The minimum atomic E-state index is -0.602. The molecule has 0 radical (unpaired) electrons. The van der Waals surface area contributed by atoms with Crippen molar-refractivity contribution in [2.45, 2.75) is 36.6 Å². The summed E-state index contributed by atoms with van der Waals surface area (Å²) in [6, 6.07) is 28.6. The van der Waals surface area contributed by atoms with Gasteiger partial charge in [-0.25, -0.2) is 0 Å². The summed E-state index contributed by atoms with van der Waals surface area (Å²) >= 11 is 1.53. The zero-order chi connectivity index (χ0) is 22.5. The van der Waals surface area contributed by atoms with Crippen molar-refractivity contribution in [2.24, 2.45) is 0 Å². The highest BCUT2D eigenvalue weighted by atomic mass is 32.2. The number of aromatic nitrogens is 3. The quantitative estimate of drug-likeness (QED) is 0.323. The summed E-state index contributed by atoms with van der Waals surface area (Å²) in [5.41, 5.74) is 3.54. The third kappa shape index (κ3) is 5.64. The molecule has 33 heavy (non-hydrogen) atoms. The molecule has 6 heteroatoms. The smallest absolute Gasteiger partial charge is 0.191 e. The molecule has 168 valence electrons. The van der Waals surface area contributed by atoms with Gasteiger partial charge in [-0.2, -0.15) is 0 Å². The Morgan fingerprint density at radius 3 is 2.24 bits per heavy atom. The molecular weight excluding hydrogens is 430 g/mol. The Balaban J connectivity index is 1.16. The zero-order valence-corrected chi connectivity index (χ0v) is 19.2. The summed E-state index contributed by atoms with van der Waals surface area (Å²) in [6.07, 6.45) is 1.75. The molecule has 1 aromatic heterocycles. The van der Waals surface area contributed by atoms with Gasteiger partial charge in [0.05, 0.1) is 12.6 Å². The van der Waals surface area contributed by atoms with E-state index in [-0.39, 0.29) is 6.61 Å². The lowest BCUT2D eigenvalue weighted by Gasteiger charge is -2.14. The molecule has 1 unspecified atom stereocenters. The maximum absolute atomic E-state index is 10.5. The van der Waals surface area contributed by atoms with Crippen LogP contribution in [0.2, 0.25) is 0 Å². The van der Waals surface area contributed by atoms with E-state index in [4.69, 9.17) is 4.74 Å². The van der Waals surface area contributed by atoms with Crippen LogP contribution in [-0.2, 0) is 6.54 Å². The number of nitrogens with zero attached hydrogens (tertiary/aromatic N) is 3. The van der Waals surface area contributed by atoms with Crippen LogP contribution in [0.3, 0.4) is 0 Å². The number of ether oxygens (including phenoxy) is 1. The lowest BCUT2D eigenvalue weighted by molar-refractivity contribution is 0.126. The van der Waals surface area contributed by atoms with Crippen molar-refractivity contribution >= 4 is 11.8 Å². The second-order valence-corrected chi connectivity index (χ2v) is 9.34. The number of hydrogen-bond donors (Lipinski definition) is 1. The molecule has 0 spiro atoms. The molecule has 4 aromatic rings. The molecule has 0 saturated heterocycles. The summed E-state index contributed by atoms with van der Waals surface area (Å²) in [4.78, 5) is 0. The summed E-state index contributed by atoms with van der Waals surface area (Å²) in [6.45, 7) is 0.988. The second kappa shape index (κ2) is 10.2. The largest absolute Gasteiger partial charge is 0.491 e. The van der Waals surface area contributed by atoms with Gasteiger partial charge in [-0.15, -0.1) is 10.2 Å². The van der Waals surface area contributed by atoms with Crippen LogP contribution in [0.1, 0.15) is 30.1 Å². The van der Waals surface area contributed by atoms with Gasteiger partial charge in [0.15, 0.2) is 5.16 Å². The van der Waals surface area contributed by atoms with Crippen molar-refractivity contribution in [1.29, 1.82) is 0 Å². The SMILES string of the molecule is OC(COc1ccc(-c2ccccc2)cc1)CSc1nnc(C2CC2)n1Cc1ccccc1. The van der Waals surface area contributed by atoms with Crippen molar-refractivity contribution in [2.75, 3.05) is 12.4 Å². The van der Waals surface area contributed by atoms with Crippen LogP contribution in [0.5, 0.6) is 5.75 Å². The molecule has 3 aromatic carbocycles. The minimum absolute atomic E-state index is 0.236. The molecule has 5 rings (SSSR count). The van der Waals surface area contributed by atoms with E-state index in [0.29, 0.717) is 11.7 Å². The Kier molecular flexibility index (Phi) is 6.74. The van der Waals surface area contributed by atoms with E-state index < -0.39 is 6.10 Å². The van der Waals surface area contributed by atoms with E-state index in [1.807, 2.05) is 48.5 Å². The monoisotopic (exact) mass is 457 g/mol. The molecule has 1 fully saturated rings. The van der Waals surface area contributed by atoms with Crippen molar-refractivity contribution in [3.8, 4) is 16.9 Å². The third-order valence-electron chi connectivity index (χ3n) is 5.68. The molecule has 5 nitrogen and oxygen atoms in total. The fraction of sp³-hybridized carbons (Fsp3) is 0.259. The molecule has 1 aliphatic carbocycles. The van der Waals surface area contributed by atoms with Crippen molar-refractivity contribution in [1.82, 2.24) is 14.8 Å². The number of aliphatic hydroxyl groups is 1. The summed E-state index contributed by atoms with van der Waals surface area (Å²) < 4.78 is 8.02. The van der Waals surface area contributed by atoms with Gasteiger partial charge in [0.1, 0.15) is 18.2 Å². The van der Waals surface area contributed by atoms with E-state index in [0.717, 1.165) is 28.8 Å². The predicted molar refractivity (Wildman–Crippen MR) is 132 cm³/mol. The van der Waals surface area contributed by atoms with Gasteiger partial charge >= 0.3 is 0 Å². The van der Waals surface area contributed by atoms with Crippen LogP contribution >= 0.6 is 11.8 Å². The lowest BCUT2D eigenvalue weighted by atomic mass is 10.1. The molecule has 1 N–H and O–H groups in total. The van der Waals surface area contributed by atoms with E-state index >= 15 is 0 Å². The maximum Gasteiger partial charge on any atom is 0.191 e. The average molecular weight is 458 g/mol. The van der Waals surface area contributed by atoms with Gasteiger partial charge in [0.25, 0.3) is 0 Å². The summed E-state index contributed by atoms with van der Waals surface area (Å²) in [5, 5.41) is 20.2. The van der Waals surface area contributed by atoms with Crippen LogP contribution in [0, 0.1) is 0 Å². The first-order valence-corrected chi connectivity index (χ1v) is 12.3. The van der Waals surface area contributed by atoms with Crippen LogP contribution in [0.25, 0.3) is 11.1 Å². The number of aliphatic hydroxyl groups excluding tert-OH is 1. The molecule has 0 bridgehead atoms. The summed E-state index contributed by atoms with van der Waals surface area (Å²) in [7, 11) is 0. The minimum Gasteiger partial charge on any atom is -0.491 e. The fourth-order valence-corrected chi connectivity index (χ4v) is 4.60. The number of thioether (sulfide) groups is 1. The van der Waals surface area contributed by atoms with Gasteiger partial charge in [-0.1, -0.05) is 84.6 Å². The standard InChI is InChI=1S/C27H27N3O2S/c31-24(18-32-25-15-13-22(14-16-25)21-9-5-2-6-10-21)19-33-27-29-28-26(23-11-12-23)30(27)17-20-7-3-1-4-8-20/h1-10,13-16,23-24,31H,11-12,17-19H2. The first-order valence-electron chi connectivity index (χ1n) is 11.3. The molecule has 1 heterocycles. The first kappa shape index (κ1) is 21.7. The normalized spacial score (nSPS) is 14.2. The molecule has 1 atom stereocenters. The fourth-order valence-electron chi connectivity index (χ4n) is 3.75. The summed E-state index contributed by atoms with van der Waals surface area (Å²) in [5.74, 6) is 2.83. The van der Waals surface area contributed by atoms with Crippen molar-refractivity contribution in [3.63, 3.8) is 0 Å². The van der Waals surface area contributed by atoms with E-state index in [9.17, 15) is 5.11 Å². The van der Waals surface area contributed by atoms with E-state index in [2.05, 4.69) is 51.2 Å². The van der Waals surface area contributed by atoms with Gasteiger partial charge in [0, 0.05) is 11.7 Å². The highest BCUT2D eigenvalue weighted by Gasteiger charge is 2.30. The molecule has 1 saturated carbocycles.